The Labute approximate surface area is 118 Å². The summed E-state index contributed by atoms with van der Waals surface area (Å²) in [7, 11) is -2.55. The molecule has 1 rings (SSSR count). The number of carboxylic acids is 1. The lowest BCUT2D eigenvalue weighted by Gasteiger charge is -2.32. The van der Waals surface area contributed by atoms with E-state index in [-0.39, 0.29) is 28.5 Å². The van der Waals surface area contributed by atoms with E-state index >= 15 is 0 Å². The van der Waals surface area contributed by atoms with Crippen LogP contribution >= 0.6 is 0 Å². The summed E-state index contributed by atoms with van der Waals surface area (Å²) in [6.07, 6.45) is 0. The van der Waals surface area contributed by atoms with Crippen molar-refractivity contribution < 1.29 is 23.4 Å². The van der Waals surface area contributed by atoms with Gasteiger partial charge in [-0.05, 0) is 27.7 Å². The van der Waals surface area contributed by atoms with Crippen LogP contribution in [0.25, 0.3) is 0 Å². The van der Waals surface area contributed by atoms with Crippen molar-refractivity contribution in [3.05, 3.63) is 17.0 Å². The van der Waals surface area contributed by atoms with E-state index in [9.17, 15) is 18.3 Å². The number of rotatable bonds is 5. The van der Waals surface area contributed by atoms with Crippen LogP contribution in [0.15, 0.2) is 4.90 Å². The molecule has 3 N–H and O–H groups in total. The Morgan fingerprint density at radius 1 is 1.35 bits per heavy atom. The molecule has 0 aliphatic carbocycles. The third-order valence-electron chi connectivity index (χ3n) is 3.44. The molecular formula is C12H20N2O5S. The Bertz CT molecular complexity index is 631. The van der Waals surface area contributed by atoms with Crippen molar-refractivity contribution in [2.45, 2.75) is 38.1 Å². The first kappa shape index (κ1) is 16.7. The Morgan fingerprint density at radius 3 is 2.20 bits per heavy atom. The van der Waals surface area contributed by atoms with Crippen molar-refractivity contribution in [1.29, 1.82) is 0 Å². The maximum Gasteiger partial charge on any atom is 0.352 e. The topological polar surface area (TPSA) is 111 Å². The van der Waals surface area contributed by atoms with Gasteiger partial charge in [0.15, 0.2) is 0 Å². The minimum Gasteiger partial charge on any atom is -0.477 e. The number of nitrogens with zero attached hydrogens (tertiary/aromatic N) is 1. The van der Waals surface area contributed by atoms with E-state index in [1.807, 2.05) is 0 Å². The molecule has 0 fully saturated rings. The van der Waals surface area contributed by atoms with E-state index in [2.05, 4.69) is 4.98 Å². The molecule has 8 heteroatoms. The van der Waals surface area contributed by atoms with Crippen molar-refractivity contribution in [2.75, 3.05) is 13.7 Å². The van der Waals surface area contributed by atoms with Gasteiger partial charge in [-0.2, -0.15) is 4.31 Å². The molecule has 0 aliphatic rings. The number of carbonyl (C=O) groups is 1. The highest BCUT2D eigenvalue weighted by atomic mass is 32.2. The summed E-state index contributed by atoms with van der Waals surface area (Å²) in [6, 6.07) is 0. The second-order valence-corrected chi connectivity index (χ2v) is 7.23. The lowest BCUT2D eigenvalue weighted by molar-refractivity contribution is 0.0690. The van der Waals surface area contributed by atoms with Crippen LogP contribution in [-0.2, 0) is 10.0 Å². The van der Waals surface area contributed by atoms with Crippen LogP contribution in [0.5, 0.6) is 0 Å². The molecule has 0 radical (unpaired) electrons. The maximum atomic E-state index is 12.6. The zero-order valence-corrected chi connectivity index (χ0v) is 13.0. The molecule has 20 heavy (non-hydrogen) atoms. The van der Waals surface area contributed by atoms with Crippen molar-refractivity contribution in [2.24, 2.45) is 0 Å². The number of likely N-dealkylation sites (N-methyl/N-ethyl adjacent to an activating group) is 1. The van der Waals surface area contributed by atoms with E-state index < -0.39 is 21.5 Å². The van der Waals surface area contributed by atoms with Crippen LogP contribution in [-0.4, -0.2) is 53.1 Å². The summed E-state index contributed by atoms with van der Waals surface area (Å²) < 4.78 is 26.3. The molecule has 1 aromatic heterocycles. The number of aliphatic hydroxyl groups is 1. The van der Waals surface area contributed by atoms with Gasteiger partial charge in [0.1, 0.15) is 10.6 Å². The molecule has 0 saturated carbocycles. The van der Waals surface area contributed by atoms with Gasteiger partial charge in [0.2, 0.25) is 10.0 Å². The fraction of sp³-hybridized carbons (Fsp3) is 0.583. The monoisotopic (exact) mass is 304 g/mol. The molecule has 1 aromatic rings. The average molecular weight is 304 g/mol. The zero-order valence-electron chi connectivity index (χ0n) is 12.2. The van der Waals surface area contributed by atoms with E-state index in [1.165, 1.54) is 20.9 Å². The van der Waals surface area contributed by atoms with Gasteiger partial charge in [-0.15, -0.1) is 0 Å². The predicted molar refractivity (Wildman–Crippen MR) is 73.3 cm³/mol. The molecule has 0 bridgehead atoms. The Hall–Kier alpha value is -1.38. The number of nitrogens with one attached hydrogen (secondary N) is 1. The number of hydrogen-bond acceptors (Lipinski definition) is 4. The number of H-pyrrole nitrogens is 1. The van der Waals surface area contributed by atoms with E-state index in [0.717, 1.165) is 4.31 Å². The minimum atomic E-state index is -3.90. The molecule has 114 valence electrons. The van der Waals surface area contributed by atoms with Crippen molar-refractivity contribution in [3.8, 4) is 0 Å². The fourth-order valence-electron chi connectivity index (χ4n) is 1.90. The standard InChI is InChI=1S/C12H20N2O5S/c1-7-9(11(16)17)13-8(2)10(7)20(18,19)14(5)12(3,4)6-15/h13,15H,6H2,1-5H3,(H,16,17). The number of aliphatic hydroxyl groups excluding tert-OH is 1. The number of sulfonamides is 1. The second kappa shape index (κ2) is 5.19. The quantitative estimate of drug-likeness (QED) is 0.742. The van der Waals surface area contributed by atoms with E-state index in [1.54, 1.807) is 13.8 Å². The second-order valence-electron chi connectivity index (χ2n) is 5.33. The normalized spacial score (nSPS) is 12.9. The van der Waals surface area contributed by atoms with E-state index in [4.69, 9.17) is 5.11 Å². The number of aromatic nitrogens is 1. The maximum absolute atomic E-state index is 12.6. The molecule has 0 aliphatic heterocycles. The Morgan fingerprint density at radius 2 is 1.85 bits per heavy atom. The highest BCUT2D eigenvalue weighted by molar-refractivity contribution is 7.89. The molecule has 0 aromatic carbocycles. The van der Waals surface area contributed by atoms with Gasteiger partial charge >= 0.3 is 5.97 Å². The first-order valence-electron chi connectivity index (χ1n) is 5.99. The summed E-state index contributed by atoms with van der Waals surface area (Å²) in [5.74, 6) is -1.21. The van der Waals surface area contributed by atoms with Gasteiger partial charge in [-0.3, -0.25) is 0 Å². The Balaban J connectivity index is 3.49. The van der Waals surface area contributed by atoms with Crippen molar-refractivity contribution >= 4 is 16.0 Å². The average Bonchev–Trinajstić information content (AvgIpc) is 2.64. The van der Waals surface area contributed by atoms with E-state index in [0.29, 0.717) is 0 Å². The molecule has 0 saturated heterocycles. The largest absolute Gasteiger partial charge is 0.477 e. The number of aromatic carboxylic acids is 1. The summed E-state index contributed by atoms with van der Waals surface area (Å²) in [5, 5.41) is 18.3. The van der Waals surface area contributed by atoms with Crippen LogP contribution in [0.3, 0.4) is 0 Å². The zero-order chi connectivity index (χ0) is 15.9. The molecule has 1 heterocycles. The molecular weight excluding hydrogens is 284 g/mol. The van der Waals surface area contributed by atoms with Crippen molar-refractivity contribution in [1.82, 2.24) is 9.29 Å². The summed E-state index contributed by atoms with van der Waals surface area (Å²) in [6.45, 7) is 5.77. The Kier molecular flexibility index (Phi) is 4.33. The van der Waals surface area contributed by atoms with Crippen LogP contribution in [0.4, 0.5) is 0 Å². The highest BCUT2D eigenvalue weighted by Gasteiger charge is 2.37. The van der Waals surface area contributed by atoms with Crippen LogP contribution in [0, 0.1) is 13.8 Å². The van der Waals surface area contributed by atoms with Crippen LogP contribution in [0.1, 0.15) is 35.6 Å². The predicted octanol–water partition coefficient (Wildman–Crippen LogP) is 0.721. The van der Waals surface area contributed by atoms with Gasteiger partial charge in [0.25, 0.3) is 0 Å². The third-order valence-corrected chi connectivity index (χ3v) is 5.78. The summed E-state index contributed by atoms with van der Waals surface area (Å²) in [5.41, 5.74) is -0.703. The number of hydrogen-bond donors (Lipinski definition) is 3. The lowest BCUT2D eigenvalue weighted by Crippen LogP contribution is -2.47. The lowest BCUT2D eigenvalue weighted by atomic mass is 10.1. The van der Waals surface area contributed by atoms with Gasteiger partial charge in [-0.1, -0.05) is 0 Å². The summed E-state index contributed by atoms with van der Waals surface area (Å²) in [4.78, 5) is 13.6. The van der Waals surface area contributed by atoms with Crippen LogP contribution < -0.4 is 0 Å². The molecule has 0 atom stereocenters. The number of aryl methyl sites for hydroxylation is 1. The molecule has 0 unspecified atom stereocenters. The van der Waals surface area contributed by atoms with Gasteiger partial charge in [0, 0.05) is 18.3 Å². The van der Waals surface area contributed by atoms with Gasteiger partial charge in [-0.25, -0.2) is 13.2 Å². The van der Waals surface area contributed by atoms with Gasteiger partial charge < -0.3 is 15.2 Å². The number of aromatic amines is 1. The smallest absolute Gasteiger partial charge is 0.352 e. The SMILES string of the molecule is Cc1[nH]c(C(=O)O)c(C)c1S(=O)(=O)N(C)C(C)(C)CO. The summed E-state index contributed by atoms with van der Waals surface area (Å²) >= 11 is 0. The first-order valence-corrected chi connectivity index (χ1v) is 7.43. The van der Waals surface area contributed by atoms with Crippen LogP contribution in [0.2, 0.25) is 0 Å². The molecule has 0 amide bonds. The molecule has 7 nitrogen and oxygen atoms in total. The molecule has 0 spiro atoms. The minimum absolute atomic E-state index is 0.0566. The van der Waals surface area contributed by atoms with Gasteiger partial charge in [0.05, 0.1) is 12.1 Å². The first-order chi connectivity index (χ1) is 8.96. The third kappa shape index (κ3) is 2.58. The fourth-order valence-corrected chi connectivity index (χ4v) is 3.80. The van der Waals surface area contributed by atoms with Crippen molar-refractivity contribution in [3.63, 3.8) is 0 Å². The number of carboxylic acid groups (broad SMARTS) is 1. The highest BCUT2D eigenvalue weighted by Crippen LogP contribution is 2.29.